The largest absolute Gasteiger partial charge is 0.493 e. The van der Waals surface area contributed by atoms with Crippen LogP contribution in [-0.4, -0.2) is 61.6 Å². The lowest BCUT2D eigenvalue weighted by atomic mass is 10.1. The van der Waals surface area contributed by atoms with Crippen molar-refractivity contribution < 1.29 is 23.7 Å². The molecule has 0 bridgehead atoms. The second-order valence-electron chi connectivity index (χ2n) is 8.19. The fourth-order valence-electron chi connectivity index (χ4n) is 4.45. The van der Waals surface area contributed by atoms with Crippen LogP contribution in [0.4, 0.5) is 5.69 Å². The molecule has 0 aromatic heterocycles. The number of fused-ring (bicyclic) bond motifs is 3. The van der Waals surface area contributed by atoms with Gasteiger partial charge in [-0.15, -0.1) is 0 Å². The summed E-state index contributed by atoms with van der Waals surface area (Å²) in [6.45, 7) is 2.64. The first kappa shape index (κ1) is 20.4. The highest BCUT2D eigenvalue weighted by molar-refractivity contribution is 6.04. The van der Waals surface area contributed by atoms with Gasteiger partial charge in [0.25, 0.3) is 5.91 Å². The molecule has 0 aliphatic carbocycles. The van der Waals surface area contributed by atoms with Crippen molar-refractivity contribution in [3.05, 3.63) is 71.8 Å². The number of amides is 1. The molecule has 0 saturated carbocycles. The molecule has 0 unspecified atom stereocenters. The first-order valence-corrected chi connectivity index (χ1v) is 11.2. The van der Waals surface area contributed by atoms with Crippen molar-refractivity contribution in [2.24, 2.45) is 4.99 Å². The Kier molecular flexibility index (Phi) is 4.98. The van der Waals surface area contributed by atoms with Gasteiger partial charge >= 0.3 is 0 Å². The van der Waals surface area contributed by atoms with Crippen molar-refractivity contribution in [2.45, 2.75) is 0 Å². The molecular weight excluding hydrogens is 434 g/mol. The molecule has 0 spiro atoms. The minimum atomic E-state index is -0.0171. The number of para-hydroxylation sites is 3. The summed E-state index contributed by atoms with van der Waals surface area (Å²) in [5.41, 5.74) is 2.22. The Morgan fingerprint density at radius 2 is 1.74 bits per heavy atom. The van der Waals surface area contributed by atoms with Gasteiger partial charge in [0.2, 0.25) is 6.79 Å². The highest BCUT2D eigenvalue weighted by Gasteiger charge is 2.29. The zero-order chi connectivity index (χ0) is 23.1. The maximum atomic E-state index is 13.1. The average molecular weight is 457 g/mol. The molecule has 0 atom stereocenters. The quantitative estimate of drug-likeness (QED) is 0.578. The van der Waals surface area contributed by atoms with Crippen LogP contribution in [-0.2, 0) is 0 Å². The van der Waals surface area contributed by atoms with Crippen molar-refractivity contribution >= 4 is 17.4 Å². The molecule has 3 aromatic rings. The molecule has 0 radical (unpaired) electrons. The summed E-state index contributed by atoms with van der Waals surface area (Å²) in [5.74, 6) is 4.06. The number of ether oxygens (including phenoxy) is 4. The smallest absolute Gasteiger partial charge is 0.254 e. The van der Waals surface area contributed by atoms with Crippen LogP contribution in [0.5, 0.6) is 28.7 Å². The van der Waals surface area contributed by atoms with Gasteiger partial charge in [-0.25, -0.2) is 4.99 Å². The van der Waals surface area contributed by atoms with Crippen molar-refractivity contribution in [3.8, 4) is 28.7 Å². The number of rotatable bonds is 2. The number of amidine groups is 1. The standard InChI is InChI=1S/C26H23N3O5/c1-31-22-8-4-5-18-24(22)34-20-7-3-2-6-19(20)27-25(18)28-11-13-29(14-12-28)26(30)17-9-10-21-23(15-17)33-16-32-21/h2-10,15H,11-14,16H2,1H3. The molecule has 172 valence electrons. The van der Waals surface area contributed by atoms with E-state index in [-0.39, 0.29) is 12.7 Å². The summed E-state index contributed by atoms with van der Waals surface area (Å²) in [4.78, 5) is 22.2. The van der Waals surface area contributed by atoms with E-state index in [4.69, 9.17) is 23.9 Å². The average Bonchev–Trinajstić information content (AvgIpc) is 3.29. The van der Waals surface area contributed by atoms with E-state index in [0.29, 0.717) is 60.5 Å². The monoisotopic (exact) mass is 457 g/mol. The molecule has 8 heteroatoms. The second-order valence-corrected chi connectivity index (χ2v) is 8.19. The van der Waals surface area contributed by atoms with Crippen molar-refractivity contribution in [2.75, 3.05) is 40.1 Å². The zero-order valence-corrected chi connectivity index (χ0v) is 18.7. The molecule has 3 aliphatic heterocycles. The van der Waals surface area contributed by atoms with Gasteiger partial charge in [0, 0.05) is 31.7 Å². The summed E-state index contributed by atoms with van der Waals surface area (Å²) in [6.07, 6.45) is 0. The van der Waals surface area contributed by atoms with Gasteiger partial charge in [-0.2, -0.15) is 0 Å². The number of hydrogen-bond donors (Lipinski definition) is 0. The number of aliphatic imine (C=N–C) groups is 1. The van der Waals surface area contributed by atoms with Crippen molar-refractivity contribution in [1.82, 2.24) is 9.80 Å². The van der Waals surface area contributed by atoms with Crippen LogP contribution >= 0.6 is 0 Å². The summed E-state index contributed by atoms with van der Waals surface area (Å²) >= 11 is 0. The highest BCUT2D eigenvalue weighted by Crippen LogP contribution is 2.42. The Labute approximate surface area is 196 Å². The van der Waals surface area contributed by atoms with Gasteiger partial charge in [-0.05, 0) is 42.5 Å². The third-order valence-electron chi connectivity index (χ3n) is 6.23. The number of benzene rings is 3. The summed E-state index contributed by atoms with van der Waals surface area (Å²) < 4.78 is 22.6. The van der Waals surface area contributed by atoms with E-state index in [9.17, 15) is 4.79 Å². The predicted molar refractivity (Wildman–Crippen MR) is 126 cm³/mol. The predicted octanol–water partition coefficient (Wildman–Crippen LogP) is 4.07. The first-order valence-electron chi connectivity index (χ1n) is 11.2. The molecule has 34 heavy (non-hydrogen) atoms. The minimum absolute atomic E-state index is 0.0171. The molecule has 8 nitrogen and oxygen atoms in total. The molecule has 1 amide bonds. The Balaban J connectivity index is 1.26. The minimum Gasteiger partial charge on any atom is -0.493 e. The van der Waals surface area contributed by atoms with Crippen LogP contribution in [0, 0.1) is 0 Å². The Morgan fingerprint density at radius 1 is 0.912 bits per heavy atom. The molecule has 1 fully saturated rings. The van der Waals surface area contributed by atoms with E-state index in [0.717, 1.165) is 17.1 Å². The van der Waals surface area contributed by atoms with E-state index in [2.05, 4.69) is 4.90 Å². The van der Waals surface area contributed by atoms with E-state index in [1.54, 1.807) is 25.3 Å². The highest BCUT2D eigenvalue weighted by atomic mass is 16.7. The summed E-state index contributed by atoms with van der Waals surface area (Å²) in [5, 5.41) is 0. The van der Waals surface area contributed by atoms with Gasteiger partial charge in [0.15, 0.2) is 28.7 Å². The van der Waals surface area contributed by atoms with Gasteiger partial charge in [-0.3, -0.25) is 4.79 Å². The van der Waals surface area contributed by atoms with Crippen molar-refractivity contribution in [3.63, 3.8) is 0 Å². The normalized spacial score (nSPS) is 16.1. The van der Waals surface area contributed by atoms with E-state index in [1.165, 1.54) is 0 Å². The number of piperazine rings is 1. The van der Waals surface area contributed by atoms with Gasteiger partial charge in [0.1, 0.15) is 11.5 Å². The molecular formula is C26H23N3O5. The number of methoxy groups -OCH3 is 1. The van der Waals surface area contributed by atoms with Crippen LogP contribution in [0.15, 0.2) is 65.7 Å². The van der Waals surface area contributed by atoms with Crippen LogP contribution in [0.2, 0.25) is 0 Å². The van der Waals surface area contributed by atoms with E-state index >= 15 is 0 Å². The fraction of sp³-hybridized carbons (Fsp3) is 0.231. The van der Waals surface area contributed by atoms with Crippen LogP contribution in [0.3, 0.4) is 0 Å². The lowest BCUT2D eigenvalue weighted by Gasteiger charge is -2.36. The Hall–Kier alpha value is -4.20. The van der Waals surface area contributed by atoms with Crippen LogP contribution < -0.4 is 18.9 Å². The van der Waals surface area contributed by atoms with Gasteiger partial charge in [-0.1, -0.05) is 18.2 Å². The summed E-state index contributed by atoms with van der Waals surface area (Å²) in [6, 6.07) is 18.8. The number of nitrogens with zero attached hydrogens (tertiary/aromatic N) is 3. The maximum absolute atomic E-state index is 13.1. The Morgan fingerprint density at radius 3 is 2.59 bits per heavy atom. The number of carbonyl (C=O) groups is 1. The van der Waals surface area contributed by atoms with Gasteiger partial charge in [0.05, 0.1) is 12.7 Å². The molecule has 6 rings (SSSR count). The molecule has 1 saturated heterocycles. The first-order chi connectivity index (χ1) is 16.7. The number of hydrogen-bond acceptors (Lipinski definition) is 7. The SMILES string of the molecule is COc1cccc2c1Oc1ccccc1N=C2N1CCN(C(=O)c2ccc3c(c2)OCO3)CC1. The number of carbonyl (C=O) groups excluding carboxylic acids is 1. The molecule has 3 aromatic carbocycles. The molecule has 3 aliphatic rings. The van der Waals surface area contributed by atoms with E-state index < -0.39 is 0 Å². The van der Waals surface area contributed by atoms with Gasteiger partial charge < -0.3 is 28.7 Å². The van der Waals surface area contributed by atoms with Crippen LogP contribution in [0.1, 0.15) is 15.9 Å². The topological polar surface area (TPSA) is 72.8 Å². The van der Waals surface area contributed by atoms with Crippen molar-refractivity contribution in [1.29, 1.82) is 0 Å². The lowest BCUT2D eigenvalue weighted by molar-refractivity contribution is 0.0691. The third-order valence-corrected chi connectivity index (χ3v) is 6.23. The second kappa shape index (κ2) is 8.30. The maximum Gasteiger partial charge on any atom is 0.254 e. The third kappa shape index (κ3) is 3.48. The summed E-state index contributed by atoms with van der Waals surface area (Å²) in [7, 11) is 1.63. The fourth-order valence-corrected chi connectivity index (χ4v) is 4.45. The molecule has 0 N–H and O–H groups in total. The Bertz CT molecular complexity index is 1300. The zero-order valence-electron chi connectivity index (χ0n) is 18.7. The van der Waals surface area contributed by atoms with Crippen LogP contribution in [0.25, 0.3) is 0 Å². The van der Waals surface area contributed by atoms with E-state index in [1.807, 2.05) is 47.4 Å². The lowest BCUT2D eigenvalue weighted by Crippen LogP contribution is -2.50. The molecule has 3 heterocycles.